The van der Waals surface area contributed by atoms with Gasteiger partial charge in [-0.05, 0) is 11.1 Å². The molecule has 0 bridgehead atoms. The molecule has 0 fully saturated rings. The van der Waals surface area contributed by atoms with Gasteiger partial charge in [0.2, 0.25) is 0 Å². The van der Waals surface area contributed by atoms with Crippen LogP contribution in [0.1, 0.15) is 11.1 Å². The van der Waals surface area contributed by atoms with E-state index in [0.717, 1.165) is 5.56 Å². The molecular formula is C10H10Cl2O4. The maximum absolute atomic E-state index is 10.9. The van der Waals surface area contributed by atoms with Crippen molar-refractivity contribution in [3.8, 4) is 0 Å². The summed E-state index contributed by atoms with van der Waals surface area (Å²) in [7, 11) is 0. The molecule has 1 aromatic rings. The van der Waals surface area contributed by atoms with Gasteiger partial charge < -0.3 is 10.2 Å². The molecule has 0 atom stereocenters. The van der Waals surface area contributed by atoms with Crippen LogP contribution >= 0.6 is 24.8 Å². The molecule has 0 aliphatic heterocycles. The lowest BCUT2D eigenvalue weighted by Crippen LogP contribution is -2.52. The van der Waals surface area contributed by atoms with Gasteiger partial charge in [-0.15, -0.1) is 24.8 Å². The summed E-state index contributed by atoms with van der Waals surface area (Å²) in [5.74, 6) is -2.58. The van der Waals surface area contributed by atoms with Gasteiger partial charge in [-0.25, -0.2) is 0 Å². The molecule has 88 valence electrons. The first-order valence-corrected chi connectivity index (χ1v) is 4.14. The van der Waals surface area contributed by atoms with Crippen LogP contribution < -0.4 is 0 Å². The summed E-state index contributed by atoms with van der Waals surface area (Å²) < 4.78 is 0. The third-order valence-corrected chi connectivity index (χ3v) is 2.66. The zero-order valence-electron chi connectivity index (χ0n) is 8.04. The van der Waals surface area contributed by atoms with Crippen LogP contribution in [0.25, 0.3) is 0 Å². The summed E-state index contributed by atoms with van der Waals surface area (Å²) in [6, 6.07) is 6.73. The molecule has 6 heteroatoms. The minimum absolute atomic E-state index is 0. The molecule has 0 amide bonds. The Balaban J connectivity index is 0.00000112. The van der Waals surface area contributed by atoms with Crippen molar-refractivity contribution >= 4 is 36.8 Å². The fourth-order valence-corrected chi connectivity index (χ4v) is 1.84. The van der Waals surface area contributed by atoms with E-state index < -0.39 is 17.4 Å². The van der Waals surface area contributed by atoms with Gasteiger partial charge in [0.05, 0.1) is 0 Å². The van der Waals surface area contributed by atoms with Gasteiger partial charge in [-0.2, -0.15) is 0 Å². The molecule has 4 nitrogen and oxygen atoms in total. The van der Waals surface area contributed by atoms with Crippen molar-refractivity contribution in [2.45, 2.75) is 11.8 Å². The monoisotopic (exact) mass is 264 g/mol. The molecule has 0 aromatic heterocycles. The molecule has 0 radical (unpaired) electrons. The van der Waals surface area contributed by atoms with Crippen molar-refractivity contribution in [3.63, 3.8) is 0 Å². The van der Waals surface area contributed by atoms with Crippen LogP contribution in [-0.4, -0.2) is 22.2 Å². The molecule has 1 aliphatic carbocycles. The highest BCUT2D eigenvalue weighted by molar-refractivity contribution is 6.07. The average Bonchev–Trinajstić information content (AvgIpc) is 2.06. The summed E-state index contributed by atoms with van der Waals surface area (Å²) >= 11 is 0. The SMILES string of the molecule is Cl.Cl.O=C(O)C1(C(=O)O)Cc2ccccc21. The summed E-state index contributed by atoms with van der Waals surface area (Å²) in [5, 5.41) is 17.8. The molecule has 0 unspecified atom stereocenters. The van der Waals surface area contributed by atoms with Gasteiger partial charge in [0.15, 0.2) is 5.41 Å². The maximum atomic E-state index is 10.9. The second-order valence-electron chi connectivity index (χ2n) is 3.35. The van der Waals surface area contributed by atoms with Gasteiger partial charge in [0.25, 0.3) is 0 Å². The van der Waals surface area contributed by atoms with Crippen LogP contribution in [0.5, 0.6) is 0 Å². The first-order chi connectivity index (χ1) is 6.59. The van der Waals surface area contributed by atoms with Crippen LogP contribution in [0.2, 0.25) is 0 Å². The average molecular weight is 265 g/mol. The Kier molecular flexibility index (Phi) is 4.35. The fraction of sp³-hybridized carbons (Fsp3) is 0.200. The molecule has 0 spiro atoms. The molecule has 2 N–H and O–H groups in total. The van der Waals surface area contributed by atoms with Crippen molar-refractivity contribution in [1.82, 2.24) is 0 Å². The van der Waals surface area contributed by atoms with Crippen molar-refractivity contribution in [3.05, 3.63) is 35.4 Å². The Labute approximate surface area is 104 Å². The lowest BCUT2D eigenvalue weighted by atomic mass is 9.64. The Morgan fingerprint density at radius 2 is 1.56 bits per heavy atom. The quantitative estimate of drug-likeness (QED) is 0.794. The third-order valence-electron chi connectivity index (χ3n) is 2.66. The molecule has 0 heterocycles. The third kappa shape index (κ3) is 1.64. The van der Waals surface area contributed by atoms with E-state index in [2.05, 4.69) is 0 Å². The topological polar surface area (TPSA) is 74.6 Å². The van der Waals surface area contributed by atoms with E-state index >= 15 is 0 Å². The standard InChI is InChI=1S/C10H8O4.2ClH/c11-8(12)10(9(13)14)5-6-3-1-2-4-7(6)10;;/h1-4H,5H2,(H,11,12)(H,13,14);2*1H. The van der Waals surface area contributed by atoms with Crippen molar-refractivity contribution in [2.75, 3.05) is 0 Å². The Hall–Kier alpha value is -1.26. The highest BCUT2D eigenvalue weighted by Gasteiger charge is 2.55. The van der Waals surface area contributed by atoms with Crippen molar-refractivity contribution < 1.29 is 19.8 Å². The number of aliphatic carboxylic acids is 2. The van der Waals surface area contributed by atoms with E-state index in [1.54, 1.807) is 24.3 Å². The second kappa shape index (κ2) is 4.72. The Morgan fingerprint density at radius 3 is 2.00 bits per heavy atom. The van der Waals surface area contributed by atoms with Crippen molar-refractivity contribution in [2.24, 2.45) is 0 Å². The normalized spacial score (nSPS) is 14.5. The lowest BCUT2D eigenvalue weighted by Gasteiger charge is -2.36. The minimum Gasteiger partial charge on any atom is -0.480 e. The van der Waals surface area contributed by atoms with Crippen LogP contribution in [0, 0.1) is 0 Å². The number of benzene rings is 1. The van der Waals surface area contributed by atoms with Crippen LogP contribution in [-0.2, 0) is 21.4 Å². The zero-order valence-corrected chi connectivity index (χ0v) is 9.68. The van der Waals surface area contributed by atoms with Gasteiger partial charge in [0, 0.05) is 6.42 Å². The van der Waals surface area contributed by atoms with Crippen LogP contribution in [0.3, 0.4) is 0 Å². The number of carboxylic acids is 2. The number of hydrogen-bond acceptors (Lipinski definition) is 2. The highest BCUT2D eigenvalue weighted by atomic mass is 35.5. The molecule has 1 aromatic carbocycles. The number of carbonyl (C=O) groups is 2. The molecule has 0 saturated carbocycles. The first-order valence-electron chi connectivity index (χ1n) is 4.14. The number of rotatable bonds is 2. The van der Waals surface area contributed by atoms with Crippen LogP contribution in [0.4, 0.5) is 0 Å². The van der Waals surface area contributed by atoms with Gasteiger partial charge >= 0.3 is 11.9 Å². The van der Waals surface area contributed by atoms with E-state index in [1.165, 1.54) is 0 Å². The molecular weight excluding hydrogens is 255 g/mol. The predicted molar refractivity (Wildman–Crippen MR) is 61.6 cm³/mol. The smallest absolute Gasteiger partial charge is 0.325 e. The minimum atomic E-state index is -1.71. The second-order valence-corrected chi connectivity index (χ2v) is 3.35. The molecule has 1 aliphatic rings. The summed E-state index contributed by atoms with van der Waals surface area (Å²) in [6.07, 6.45) is 0.0772. The lowest BCUT2D eigenvalue weighted by molar-refractivity contribution is -0.159. The zero-order chi connectivity index (χ0) is 10.3. The summed E-state index contributed by atoms with van der Waals surface area (Å²) in [6.45, 7) is 0. The predicted octanol–water partition coefficient (Wildman–Crippen LogP) is 1.49. The van der Waals surface area contributed by atoms with E-state index in [9.17, 15) is 9.59 Å². The number of hydrogen-bond donors (Lipinski definition) is 2. The first kappa shape index (κ1) is 14.7. The Bertz CT molecular complexity index is 417. The van der Waals surface area contributed by atoms with E-state index in [-0.39, 0.29) is 31.2 Å². The summed E-state index contributed by atoms with van der Waals surface area (Å²) in [5.41, 5.74) is -0.506. The number of fused-ring (bicyclic) bond motifs is 1. The van der Waals surface area contributed by atoms with Gasteiger partial charge in [-0.1, -0.05) is 24.3 Å². The summed E-state index contributed by atoms with van der Waals surface area (Å²) in [4.78, 5) is 21.9. The van der Waals surface area contributed by atoms with E-state index in [0.29, 0.717) is 5.56 Å². The maximum Gasteiger partial charge on any atom is 0.325 e. The fourth-order valence-electron chi connectivity index (χ4n) is 1.84. The molecule has 16 heavy (non-hydrogen) atoms. The number of carboxylic acid groups (broad SMARTS) is 2. The Morgan fingerprint density at radius 1 is 1.06 bits per heavy atom. The van der Waals surface area contributed by atoms with Gasteiger partial charge in [0.1, 0.15) is 0 Å². The molecule has 0 saturated heterocycles. The molecule has 2 rings (SSSR count). The van der Waals surface area contributed by atoms with E-state index in [4.69, 9.17) is 10.2 Å². The highest BCUT2D eigenvalue weighted by Crippen LogP contribution is 2.41. The van der Waals surface area contributed by atoms with Crippen molar-refractivity contribution in [1.29, 1.82) is 0 Å². The largest absolute Gasteiger partial charge is 0.480 e. The van der Waals surface area contributed by atoms with E-state index in [1.807, 2.05) is 0 Å². The van der Waals surface area contributed by atoms with Gasteiger partial charge in [-0.3, -0.25) is 9.59 Å². The number of halogens is 2. The van der Waals surface area contributed by atoms with Crippen LogP contribution in [0.15, 0.2) is 24.3 Å².